The molecule has 1 nitrogen and oxygen atoms in total. The predicted octanol–water partition coefficient (Wildman–Crippen LogP) is 6.58. The van der Waals surface area contributed by atoms with Gasteiger partial charge in [0, 0.05) is 0 Å². The fraction of sp³-hybridized carbons (Fsp3) is 0.571. The van der Waals surface area contributed by atoms with Crippen LogP contribution in [0, 0.1) is 5.92 Å². The predicted molar refractivity (Wildman–Crippen MR) is 99.0 cm³/mol. The quantitative estimate of drug-likeness (QED) is 0.400. The smallest absolute Gasteiger partial charge is 0.177 e. The average Bonchev–Trinajstić information content (AvgIpc) is 2.46. The van der Waals surface area contributed by atoms with Crippen molar-refractivity contribution in [3.63, 3.8) is 0 Å². The Bertz CT molecular complexity index is 417. The molecular weight excluding hydrogens is 268 g/mol. The summed E-state index contributed by atoms with van der Waals surface area (Å²) in [5, 5.41) is 0. The summed E-state index contributed by atoms with van der Waals surface area (Å²) < 4.78 is 0. The van der Waals surface area contributed by atoms with Crippen LogP contribution in [0.15, 0.2) is 47.6 Å². The number of carbonyl (C=O) groups is 1. The molecule has 0 radical (unpaired) electrons. The number of allylic oxidation sites excluding steroid dienone is 8. The minimum Gasteiger partial charge on any atom is -0.290 e. The molecular formula is C21H34O. The van der Waals surface area contributed by atoms with Gasteiger partial charge >= 0.3 is 0 Å². The first-order valence-electron chi connectivity index (χ1n) is 8.64. The van der Waals surface area contributed by atoms with Crippen LogP contribution in [-0.4, -0.2) is 5.78 Å². The molecule has 1 aliphatic rings. The average molecular weight is 303 g/mol. The van der Waals surface area contributed by atoms with E-state index in [-0.39, 0.29) is 5.78 Å². The lowest BCUT2D eigenvalue weighted by Gasteiger charge is -2.18. The van der Waals surface area contributed by atoms with Gasteiger partial charge in [-0.2, -0.15) is 0 Å². The van der Waals surface area contributed by atoms with Crippen molar-refractivity contribution in [3.05, 3.63) is 47.6 Å². The van der Waals surface area contributed by atoms with Gasteiger partial charge in [0.15, 0.2) is 5.78 Å². The number of carbonyl (C=O) groups excluding carboxylic acids is 1. The topological polar surface area (TPSA) is 17.1 Å². The van der Waals surface area contributed by atoms with Crippen LogP contribution < -0.4 is 0 Å². The summed E-state index contributed by atoms with van der Waals surface area (Å²) in [7, 11) is 0. The number of rotatable bonds is 6. The van der Waals surface area contributed by atoms with Gasteiger partial charge in [-0.15, -0.1) is 0 Å². The molecule has 1 rings (SSSR count). The van der Waals surface area contributed by atoms with Crippen LogP contribution in [0.2, 0.25) is 0 Å². The van der Waals surface area contributed by atoms with E-state index >= 15 is 0 Å². The van der Waals surface area contributed by atoms with Crippen molar-refractivity contribution in [1.82, 2.24) is 0 Å². The zero-order valence-corrected chi connectivity index (χ0v) is 15.2. The van der Waals surface area contributed by atoms with E-state index in [0.29, 0.717) is 0 Å². The minimum absolute atomic E-state index is 0.0688. The lowest BCUT2D eigenvalue weighted by Crippen LogP contribution is -2.02. The summed E-state index contributed by atoms with van der Waals surface area (Å²) in [6, 6.07) is 0. The van der Waals surface area contributed by atoms with Crippen LogP contribution in [0.25, 0.3) is 0 Å². The summed E-state index contributed by atoms with van der Waals surface area (Å²) >= 11 is 0. The Morgan fingerprint density at radius 3 is 2.59 bits per heavy atom. The molecule has 1 heteroatoms. The highest BCUT2D eigenvalue weighted by atomic mass is 16.1. The van der Waals surface area contributed by atoms with Gasteiger partial charge in [-0.25, -0.2) is 0 Å². The second kappa shape index (κ2) is 13.3. The fourth-order valence-electron chi connectivity index (χ4n) is 2.41. The zero-order chi connectivity index (χ0) is 16.8. The Hall–Kier alpha value is -1.37. The zero-order valence-electron chi connectivity index (χ0n) is 15.2. The second-order valence-electron chi connectivity index (χ2n) is 6.28. The van der Waals surface area contributed by atoms with Crippen LogP contribution >= 0.6 is 0 Å². The largest absolute Gasteiger partial charge is 0.290 e. The highest BCUT2D eigenvalue weighted by molar-refractivity contribution is 5.98. The Kier molecular flexibility index (Phi) is 12.5. The van der Waals surface area contributed by atoms with Crippen molar-refractivity contribution in [2.45, 2.75) is 73.1 Å². The molecule has 0 amide bonds. The van der Waals surface area contributed by atoms with Gasteiger partial charge in [-0.3, -0.25) is 4.79 Å². The SMILES string of the molecule is CC(C)=CCCC1=CCCC(C)C1.CC=CC(=O)C=CCC. The van der Waals surface area contributed by atoms with E-state index in [1.165, 1.54) is 37.7 Å². The van der Waals surface area contributed by atoms with Crippen molar-refractivity contribution >= 4 is 5.78 Å². The molecule has 0 N–H and O–H groups in total. The monoisotopic (exact) mass is 302 g/mol. The number of ketones is 1. The van der Waals surface area contributed by atoms with Crippen molar-refractivity contribution in [3.8, 4) is 0 Å². The van der Waals surface area contributed by atoms with Gasteiger partial charge < -0.3 is 0 Å². The lowest BCUT2D eigenvalue weighted by atomic mass is 9.88. The Labute approximate surface area is 137 Å². The molecule has 1 unspecified atom stereocenters. The summed E-state index contributed by atoms with van der Waals surface area (Å²) in [5.74, 6) is 0.992. The molecule has 0 fully saturated rings. The summed E-state index contributed by atoms with van der Waals surface area (Å²) in [6.07, 6.45) is 19.0. The normalized spacial score (nSPS) is 17.9. The van der Waals surface area contributed by atoms with Gasteiger partial charge in [-0.1, -0.05) is 49.3 Å². The van der Waals surface area contributed by atoms with Crippen LogP contribution in [0.1, 0.15) is 73.1 Å². The molecule has 1 aliphatic carbocycles. The van der Waals surface area contributed by atoms with E-state index in [1.807, 2.05) is 19.9 Å². The van der Waals surface area contributed by atoms with E-state index < -0.39 is 0 Å². The summed E-state index contributed by atoms with van der Waals surface area (Å²) in [4.78, 5) is 10.6. The molecule has 0 aromatic carbocycles. The second-order valence-corrected chi connectivity index (χ2v) is 6.28. The van der Waals surface area contributed by atoms with Crippen LogP contribution in [0.5, 0.6) is 0 Å². The molecule has 22 heavy (non-hydrogen) atoms. The van der Waals surface area contributed by atoms with Gasteiger partial charge in [0.25, 0.3) is 0 Å². The standard InChI is InChI=1S/C13H22.C8H12O/c1-11(2)6-4-8-13-9-5-7-12(3)10-13;1-3-5-7-8(9)6-4-2/h6,9,12H,4-5,7-8,10H2,1-3H3;4-7H,3H2,1-2H3. The van der Waals surface area contributed by atoms with Crippen molar-refractivity contribution in [2.75, 3.05) is 0 Å². The van der Waals surface area contributed by atoms with Crippen molar-refractivity contribution in [2.24, 2.45) is 5.92 Å². The minimum atomic E-state index is 0.0688. The maximum atomic E-state index is 10.6. The first-order valence-corrected chi connectivity index (χ1v) is 8.64. The maximum Gasteiger partial charge on any atom is 0.177 e. The molecule has 0 aliphatic heterocycles. The van der Waals surface area contributed by atoms with Gasteiger partial charge in [0.1, 0.15) is 0 Å². The summed E-state index contributed by atoms with van der Waals surface area (Å²) in [5.41, 5.74) is 3.14. The van der Waals surface area contributed by atoms with Crippen LogP contribution in [0.3, 0.4) is 0 Å². The van der Waals surface area contributed by atoms with Crippen LogP contribution in [-0.2, 0) is 4.79 Å². The Balaban J connectivity index is 0.000000433. The third kappa shape index (κ3) is 12.4. The van der Waals surface area contributed by atoms with Gasteiger partial charge in [-0.05, 0) is 77.4 Å². The van der Waals surface area contributed by atoms with Gasteiger partial charge in [0.05, 0.1) is 0 Å². The molecule has 1 atom stereocenters. The first-order chi connectivity index (χ1) is 10.5. The molecule has 0 saturated carbocycles. The molecule has 0 spiro atoms. The van der Waals surface area contributed by atoms with E-state index in [9.17, 15) is 4.79 Å². The summed E-state index contributed by atoms with van der Waals surface area (Å²) in [6.45, 7) is 10.6. The van der Waals surface area contributed by atoms with Crippen molar-refractivity contribution < 1.29 is 4.79 Å². The van der Waals surface area contributed by atoms with E-state index in [1.54, 1.807) is 23.8 Å². The molecule has 124 valence electrons. The fourth-order valence-corrected chi connectivity index (χ4v) is 2.41. The molecule has 0 aromatic heterocycles. The van der Waals surface area contributed by atoms with Crippen molar-refractivity contribution in [1.29, 1.82) is 0 Å². The molecule has 0 aromatic rings. The maximum absolute atomic E-state index is 10.6. The molecule has 0 heterocycles. The van der Waals surface area contributed by atoms with E-state index in [0.717, 1.165) is 12.3 Å². The van der Waals surface area contributed by atoms with Gasteiger partial charge in [0.2, 0.25) is 0 Å². The third-order valence-electron chi connectivity index (χ3n) is 3.57. The van der Waals surface area contributed by atoms with Crippen LogP contribution in [0.4, 0.5) is 0 Å². The first kappa shape index (κ1) is 20.6. The Morgan fingerprint density at radius 2 is 2.05 bits per heavy atom. The highest BCUT2D eigenvalue weighted by Gasteiger charge is 2.09. The number of hydrogen-bond acceptors (Lipinski definition) is 1. The van der Waals surface area contributed by atoms with E-state index in [4.69, 9.17) is 0 Å². The molecule has 0 saturated heterocycles. The lowest BCUT2D eigenvalue weighted by molar-refractivity contribution is -0.110. The van der Waals surface area contributed by atoms with E-state index in [2.05, 4.69) is 32.9 Å². The molecule has 0 bridgehead atoms. The number of hydrogen-bond donors (Lipinski definition) is 0. The highest BCUT2D eigenvalue weighted by Crippen LogP contribution is 2.26. The Morgan fingerprint density at radius 1 is 1.32 bits per heavy atom. The third-order valence-corrected chi connectivity index (χ3v) is 3.57.